The summed E-state index contributed by atoms with van der Waals surface area (Å²) in [6, 6.07) is 16.6. The molecule has 2 aromatic rings. The predicted molar refractivity (Wildman–Crippen MR) is 111 cm³/mol. The Morgan fingerprint density at radius 3 is 2.21 bits per heavy atom. The van der Waals surface area contributed by atoms with Crippen LogP contribution in [0.25, 0.3) is 0 Å². The van der Waals surface area contributed by atoms with Crippen molar-refractivity contribution in [3.63, 3.8) is 0 Å². The van der Waals surface area contributed by atoms with E-state index in [9.17, 15) is 14.7 Å². The summed E-state index contributed by atoms with van der Waals surface area (Å²) in [5, 5.41) is 15.1. The molecule has 146 valence electrons. The maximum absolute atomic E-state index is 12.7. The molecule has 2 aromatic carbocycles. The quantitative estimate of drug-likeness (QED) is 0.764. The molecular formula is C23H24ClNO3. The van der Waals surface area contributed by atoms with Crippen molar-refractivity contribution in [3.05, 3.63) is 76.5 Å². The molecule has 4 nitrogen and oxygen atoms in total. The Kier molecular flexibility index (Phi) is 5.73. The maximum atomic E-state index is 12.7. The molecule has 0 unspecified atom stereocenters. The number of Topliss-reactive ketones (excluding diaryl/α,β-unsaturated/α-hetero) is 2. The van der Waals surface area contributed by atoms with Crippen molar-refractivity contribution in [1.29, 1.82) is 0 Å². The number of carbonyl (C=O) groups is 2. The van der Waals surface area contributed by atoms with Gasteiger partial charge in [0, 0.05) is 34.3 Å². The molecule has 0 aromatic heterocycles. The molecule has 0 aliphatic heterocycles. The second kappa shape index (κ2) is 7.90. The Morgan fingerprint density at radius 2 is 1.68 bits per heavy atom. The van der Waals surface area contributed by atoms with Gasteiger partial charge in [-0.1, -0.05) is 41.9 Å². The number of carbonyl (C=O) groups excluding carboxylic acids is 2. The van der Waals surface area contributed by atoms with E-state index in [1.54, 1.807) is 19.1 Å². The number of hydrogen-bond donors (Lipinski definition) is 2. The van der Waals surface area contributed by atoms with E-state index in [2.05, 4.69) is 5.32 Å². The highest BCUT2D eigenvalue weighted by Gasteiger charge is 2.49. The number of allylic oxidation sites excluding steroid dienone is 1. The molecule has 0 spiro atoms. The Hall–Kier alpha value is -2.43. The summed E-state index contributed by atoms with van der Waals surface area (Å²) in [6.45, 7) is 4.63. The van der Waals surface area contributed by atoms with Gasteiger partial charge in [0.2, 0.25) is 0 Å². The van der Waals surface area contributed by atoms with Crippen molar-refractivity contribution in [2.45, 2.75) is 38.7 Å². The molecule has 0 heterocycles. The van der Waals surface area contributed by atoms with E-state index in [0.29, 0.717) is 16.3 Å². The number of halogens is 1. The Bertz CT molecular complexity index is 917. The van der Waals surface area contributed by atoms with Crippen LogP contribution in [0.15, 0.2) is 65.9 Å². The minimum atomic E-state index is -1.30. The SMILES string of the molecule is CC(=O)C1=C(Nc2ccccc2)C[C@](C)(O)[C@@H](C(C)=O)[C@@H]1c1ccc(Cl)cc1. The summed E-state index contributed by atoms with van der Waals surface area (Å²) in [6.07, 6.45) is 0.186. The van der Waals surface area contributed by atoms with Gasteiger partial charge < -0.3 is 10.4 Å². The molecule has 0 fully saturated rings. The lowest BCUT2D eigenvalue weighted by molar-refractivity contribution is -0.131. The van der Waals surface area contributed by atoms with E-state index in [0.717, 1.165) is 11.3 Å². The smallest absolute Gasteiger partial charge is 0.158 e. The fourth-order valence-electron chi connectivity index (χ4n) is 4.22. The molecule has 1 aliphatic rings. The highest BCUT2D eigenvalue weighted by atomic mass is 35.5. The average molecular weight is 398 g/mol. The lowest BCUT2D eigenvalue weighted by Crippen LogP contribution is -2.48. The summed E-state index contributed by atoms with van der Waals surface area (Å²) in [4.78, 5) is 25.3. The van der Waals surface area contributed by atoms with Gasteiger partial charge in [-0.25, -0.2) is 0 Å². The molecule has 5 heteroatoms. The topological polar surface area (TPSA) is 66.4 Å². The van der Waals surface area contributed by atoms with E-state index in [1.165, 1.54) is 13.8 Å². The van der Waals surface area contributed by atoms with E-state index < -0.39 is 17.4 Å². The highest BCUT2D eigenvalue weighted by Crippen LogP contribution is 2.47. The summed E-state index contributed by atoms with van der Waals surface area (Å²) in [5.74, 6) is -1.56. The molecule has 3 rings (SSSR count). The fourth-order valence-corrected chi connectivity index (χ4v) is 4.34. The van der Waals surface area contributed by atoms with Gasteiger partial charge in [-0.05, 0) is 50.6 Å². The number of para-hydroxylation sites is 1. The van der Waals surface area contributed by atoms with E-state index >= 15 is 0 Å². The van der Waals surface area contributed by atoms with Gasteiger partial charge in [0.05, 0.1) is 11.5 Å². The zero-order valence-electron chi connectivity index (χ0n) is 16.2. The first-order chi connectivity index (χ1) is 13.2. The summed E-state index contributed by atoms with van der Waals surface area (Å²) >= 11 is 6.03. The van der Waals surface area contributed by atoms with Gasteiger partial charge in [-0.15, -0.1) is 0 Å². The van der Waals surface area contributed by atoms with Crippen LogP contribution in [-0.4, -0.2) is 22.3 Å². The molecule has 0 saturated heterocycles. The first-order valence-corrected chi connectivity index (χ1v) is 9.63. The van der Waals surface area contributed by atoms with Crippen LogP contribution in [0, 0.1) is 5.92 Å². The normalized spacial score (nSPS) is 24.8. The molecule has 0 bridgehead atoms. The minimum Gasteiger partial charge on any atom is -0.389 e. The van der Waals surface area contributed by atoms with E-state index in [1.807, 2.05) is 42.5 Å². The van der Waals surface area contributed by atoms with Crippen LogP contribution in [-0.2, 0) is 9.59 Å². The first kappa shape index (κ1) is 20.3. The first-order valence-electron chi connectivity index (χ1n) is 9.25. The standard InChI is InChI=1S/C23H24ClNO3/c1-14(26)20-19(25-18-7-5-4-6-8-18)13-23(3,28)22(15(2)27)21(20)16-9-11-17(24)12-10-16/h4-12,21-22,25,28H,13H2,1-3H3/t21-,22+,23+/m1/s1. The van der Waals surface area contributed by atoms with Crippen molar-refractivity contribution in [1.82, 2.24) is 0 Å². The van der Waals surface area contributed by atoms with E-state index in [-0.39, 0.29) is 18.0 Å². The summed E-state index contributed by atoms with van der Waals surface area (Å²) < 4.78 is 0. The Labute approximate surface area is 170 Å². The van der Waals surface area contributed by atoms with Crippen LogP contribution >= 0.6 is 11.6 Å². The minimum absolute atomic E-state index is 0.125. The molecule has 28 heavy (non-hydrogen) atoms. The van der Waals surface area contributed by atoms with Crippen molar-refractivity contribution in [2.75, 3.05) is 5.32 Å². The van der Waals surface area contributed by atoms with Crippen LogP contribution in [0.5, 0.6) is 0 Å². The number of rotatable bonds is 5. The highest BCUT2D eigenvalue weighted by molar-refractivity contribution is 6.30. The number of ketones is 2. The number of aliphatic hydroxyl groups is 1. The number of benzene rings is 2. The van der Waals surface area contributed by atoms with Gasteiger partial charge in [0.15, 0.2) is 5.78 Å². The largest absolute Gasteiger partial charge is 0.389 e. The molecule has 3 atom stereocenters. The molecule has 0 radical (unpaired) electrons. The van der Waals surface area contributed by atoms with Crippen LogP contribution in [0.4, 0.5) is 5.69 Å². The summed E-state index contributed by atoms with van der Waals surface area (Å²) in [5.41, 5.74) is 1.47. The number of nitrogens with one attached hydrogen (secondary N) is 1. The number of anilines is 1. The van der Waals surface area contributed by atoms with Crippen molar-refractivity contribution < 1.29 is 14.7 Å². The third-order valence-corrected chi connectivity index (χ3v) is 5.54. The monoisotopic (exact) mass is 397 g/mol. The second-order valence-corrected chi connectivity index (χ2v) is 8.03. The van der Waals surface area contributed by atoms with Crippen molar-refractivity contribution in [3.8, 4) is 0 Å². The third kappa shape index (κ3) is 4.03. The van der Waals surface area contributed by atoms with Crippen molar-refractivity contribution in [2.24, 2.45) is 5.92 Å². The lowest BCUT2D eigenvalue weighted by atomic mass is 9.64. The van der Waals surface area contributed by atoms with Gasteiger partial charge >= 0.3 is 0 Å². The van der Waals surface area contributed by atoms with Gasteiger partial charge in [0.25, 0.3) is 0 Å². The lowest BCUT2D eigenvalue weighted by Gasteiger charge is -2.43. The van der Waals surface area contributed by atoms with Crippen molar-refractivity contribution >= 4 is 28.9 Å². The second-order valence-electron chi connectivity index (χ2n) is 7.59. The maximum Gasteiger partial charge on any atom is 0.158 e. The molecule has 2 N–H and O–H groups in total. The predicted octanol–water partition coefficient (Wildman–Crippen LogP) is 4.74. The fraction of sp³-hybridized carbons (Fsp3) is 0.304. The molecule has 0 saturated carbocycles. The zero-order chi connectivity index (χ0) is 20.5. The van der Waals surface area contributed by atoms with Gasteiger partial charge in [-0.2, -0.15) is 0 Å². The average Bonchev–Trinajstić information content (AvgIpc) is 2.61. The van der Waals surface area contributed by atoms with Crippen LogP contribution < -0.4 is 5.32 Å². The third-order valence-electron chi connectivity index (χ3n) is 5.29. The Balaban J connectivity index is 2.21. The summed E-state index contributed by atoms with van der Waals surface area (Å²) in [7, 11) is 0. The molecular weight excluding hydrogens is 374 g/mol. The number of hydrogen-bond acceptors (Lipinski definition) is 4. The molecule has 1 aliphatic carbocycles. The Morgan fingerprint density at radius 1 is 1.07 bits per heavy atom. The van der Waals surface area contributed by atoms with E-state index in [4.69, 9.17) is 11.6 Å². The van der Waals surface area contributed by atoms with Crippen LogP contribution in [0.2, 0.25) is 5.02 Å². The zero-order valence-corrected chi connectivity index (χ0v) is 17.0. The van der Waals surface area contributed by atoms with Crippen LogP contribution in [0.3, 0.4) is 0 Å². The van der Waals surface area contributed by atoms with Gasteiger partial charge in [0.1, 0.15) is 5.78 Å². The molecule has 0 amide bonds. The van der Waals surface area contributed by atoms with Crippen LogP contribution in [0.1, 0.15) is 38.7 Å². The van der Waals surface area contributed by atoms with Gasteiger partial charge in [-0.3, -0.25) is 9.59 Å².